The number of aliphatic hydroxyl groups is 1. The van der Waals surface area contributed by atoms with Crippen LogP contribution in [0.2, 0.25) is 0 Å². The van der Waals surface area contributed by atoms with Crippen LogP contribution in [-0.2, 0) is 9.47 Å². The molecule has 0 saturated heterocycles. The first kappa shape index (κ1) is 20.2. The van der Waals surface area contributed by atoms with Crippen LogP contribution in [0.4, 0.5) is 0 Å². The largest absolute Gasteiger partial charge is 0.491 e. The van der Waals surface area contributed by atoms with Crippen molar-refractivity contribution >= 4 is 0 Å². The highest BCUT2D eigenvalue weighted by Gasteiger charge is 2.29. The molecule has 0 spiro atoms. The maximum absolute atomic E-state index is 9.16. The standard InChI is InChI=1S/C21H34O4/c1-15(2)25-20-13-19(8-5-16(20)3)21(24-14-23-4)18-9-6-17(7-10-18)11-12-22/h5,8,13,15,17-18,21-22H,6-7,9-12,14H2,1-4H3. The molecule has 0 heterocycles. The van der Waals surface area contributed by atoms with Gasteiger partial charge in [0.15, 0.2) is 0 Å². The van der Waals surface area contributed by atoms with Crippen LogP contribution in [0.3, 0.4) is 0 Å². The van der Waals surface area contributed by atoms with Gasteiger partial charge < -0.3 is 19.3 Å². The Kier molecular flexibility index (Phi) is 8.20. The van der Waals surface area contributed by atoms with Gasteiger partial charge in [0.05, 0.1) is 12.2 Å². The normalized spacial score (nSPS) is 22.2. The van der Waals surface area contributed by atoms with E-state index in [9.17, 15) is 0 Å². The van der Waals surface area contributed by atoms with Crippen molar-refractivity contribution in [3.05, 3.63) is 29.3 Å². The Morgan fingerprint density at radius 2 is 1.88 bits per heavy atom. The molecule has 1 fully saturated rings. The second-order valence-electron chi connectivity index (χ2n) is 7.48. The van der Waals surface area contributed by atoms with Crippen molar-refractivity contribution < 1.29 is 19.3 Å². The summed E-state index contributed by atoms with van der Waals surface area (Å²) in [6.45, 7) is 6.77. The van der Waals surface area contributed by atoms with Gasteiger partial charge in [-0.05, 0) is 81.9 Å². The van der Waals surface area contributed by atoms with Crippen LogP contribution >= 0.6 is 0 Å². The summed E-state index contributed by atoms with van der Waals surface area (Å²) in [6.07, 6.45) is 5.71. The fourth-order valence-electron chi connectivity index (χ4n) is 3.78. The van der Waals surface area contributed by atoms with Gasteiger partial charge in [0.2, 0.25) is 0 Å². The number of ether oxygens (including phenoxy) is 3. The van der Waals surface area contributed by atoms with E-state index in [2.05, 4.69) is 25.1 Å². The maximum Gasteiger partial charge on any atom is 0.147 e. The van der Waals surface area contributed by atoms with Gasteiger partial charge in [-0.2, -0.15) is 0 Å². The van der Waals surface area contributed by atoms with Crippen molar-refractivity contribution in [1.29, 1.82) is 0 Å². The lowest BCUT2D eigenvalue weighted by molar-refractivity contribution is -0.100. The highest BCUT2D eigenvalue weighted by Crippen LogP contribution is 2.41. The van der Waals surface area contributed by atoms with Crippen molar-refractivity contribution in [2.24, 2.45) is 11.8 Å². The Bertz CT molecular complexity index is 507. The Morgan fingerprint density at radius 1 is 1.16 bits per heavy atom. The molecule has 0 amide bonds. The summed E-state index contributed by atoms with van der Waals surface area (Å²) in [5.74, 6) is 2.08. The molecule has 1 atom stereocenters. The first-order chi connectivity index (χ1) is 12.0. The van der Waals surface area contributed by atoms with E-state index in [1.54, 1.807) is 7.11 Å². The average Bonchev–Trinajstić information content (AvgIpc) is 2.59. The van der Waals surface area contributed by atoms with E-state index < -0.39 is 0 Å². The van der Waals surface area contributed by atoms with E-state index in [0.717, 1.165) is 30.6 Å². The number of aryl methyl sites for hydroxylation is 1. The molecule has 1 aromatic rings. The summed E-state index contributed by atoms with van der Waals surface area (Å²) >= 11 is 0. The van der Waals surface area contributed by atoms with E-state index in [0.29, 0.717) is 25.2 Å². The van der Waals surface area contributed by atoms with Gasteiger partial charge in [0, 0.05) is 13.7 Å². The van der Waals surface area contributed by atoms with Gasteiger partial charge in [-0.25, -0.2) is 0 Å². The van der Waals surface area contributed by atoms with Crippen LogP contribution in [0.15, 0.2) is 18.2 Å². The van der Waals surface area contributed by atoms with Crippen LogP contribution in [-0.4, -0.2) is 31.7 Å². The Balaban J connectivity index is 2.14. The third-order valence-corrected chi connectivity index (χ3v) is 5.13. The summed E-state index contributed by atoms with van der Waals surface area (Å²) in [7, 11) is 1.66. The van der Waals surface area contributed by atoms with Crippen LogP contribution in [0, 0.1) is 18.8 Å². The second kappa shape index (κ2) is 10.1. The first-order valence-electron chi connectivity index (χ1n) is 9.53. The molecule has 1 N–H and O–H groups in total. The van der Waals surface area contributed by atoms with E-state index >= 15 is 0 Å². The molecule has 0 aliphatic heterocycles. The third-order valence-electron chi connectivity index (χ3n) is 5.13. The lowest BCUT2D eigenvalue weighted by Gasteiger charge is -2.34. The highest BCUT2D eigenvalue weighted by molar-refractivity contribution is 5.38. The molecule has 4 heteroatoms. The topological polar surface area (TPSA) is 47.9 Å². The van der Waals surface area contributed by atoms with Gasteiger partial charge >= 0.3 is 0 Å². The minimum Gasteiger partial charge on any atom is -0.491 e. The Morgan fingerprint density at radius 3 is 2.48 bits per heavy atom. The van der Waals surface area contributed by atoms with Gasteiger partial charge in [0.1, 0.15) is 12.5 Å². The Hall–Kier alpha value is -1.10. The SMILES string of the molecule is COCOC(c1ccc(C)c(OC(C)C)c1)C1CCC(CCO)CC1. The Labute approximate surface area is 152 Å². The number of rotatable bonds is 9. The molecular weight excluding hydrogens is 316 g/mol. The molecule has 0 bridgehead atoms. The predicted molar refractivity (Wildman–Crippen MR) is 99.8 cm³/mol. The molecule has 1 aliphatic carbocycles. The maximum atomic E-state index is 9.16. The number of aliphatic hydroxyl groups excluding tert-OH is 1. The van der Waals surface area contributed by atoms with Gasteiger partial charge in [-0.3, -0.25) is 0 Å². The van der Waals surface area contributed by atoms with Crippen molar-refractivity contribution in [2.45, 2.75) is 65.1 Å². The predicted octanol–water partition coefficient (Wildman–Crippen LogP) is 4.63. The number of hydrogen-bond acceptors (Lipinski definition) is 4. The zero-order valence-corrected chi connectivity index (χ0v) is 16.2. The molecular formula is C21H34O4. The van der Waals surface area contributed by atoms with Crippen LogP contribution in [0.25, 0.3) is 0 Å². The first-order valence-corrected chi connectivity index (χ1v) is 9.53. The quantitative estimate of drug-likeness (QED) is 0.660. The van der Waals surface area contributed by atoms with Crippen molar-refractivity contribution in [2.75, 3.05) is 20.5 Å². The monoisotopic (exact) mass is 350 g/mol. The molecule has 0 aromatic heterocycles. The van der Waals surface area contributed by atoms with Crippen molar-refractivity contribution in [3.63, 3.8) is 0 Å². The summed E-state index contributed by atoms with van der Waals surface area (Å²) in [6, 6.07) is 6.41. The smallest absolute Gasteiger partial charge is 0.147 e. The number of methoxy groups -OCH3 is 1. The van der Waals surface area contributed by atoms with Crippen LogP contribution in [0.1, 0.15) is 63.2 Å². The minimum absolute atomic E-state index is 0.0325. The van der Waals surface area contributed by atoms with E-state index in [4.69, 9.17) is 19.3 Å². The third kappa shape index (κ3) is 5.98. The average molecular weight is 350 g/mol. The summed E-state index contributed by atoms with van der Waals surface area (Å²) in [5, 5.41) is 9.16. The fraction of sp³-hybridized carbons (Fsp3) is 0.714. The van der Waals surface area contributed by atoms with Crippen molar-refractivity contribution in [3.8, 4) is 5.75 Å². The molecule has 1 aromatic carbocycles. The molecule has 1 aliphatic rings. The number of hydrogen-bond donors (Lipinski definition) is 1. The van der Waals surface area contributed by atoms with Gasteiger partial charge in [0.25, 0.3) is 0 Å². The van der Waals surface area contributed by atoms with Crippen molar-refractivity contribution in [1.82, 2.24) is 0 Å². The van der Waals surface area contributed by atoms with Gasteiger partial charge in [-0.1, -0.05) is 12.1 Å². The fourth-order valence-corrected chi connectivity index (χ4v) is 3.78. The lowest BCUT2D eigenvalue weighted by atomic mass is 9.76. The number of benzene rings is 1. The summed E-state index contributed by atoms with van der Waals surface area (Å²) in [5.41, 5.74) is 2.32. The zero-order valence-electron chi connectivity index (χ0n) is 16.2. The molecule has 1 unspecified atom stereocenters. The second-order valence-corrected chi connectivity index (χ2v) is 7.48. The van der Waals surface area contributed by atoms with Crippen LogP contribution < -0.4 is 4.74 Å². The highest BCUT2D eigenvalue weighted by atomic mass is 16.7. The molecule has 1 saturated carbocycles. The summed E-state index contributed by atoms with van der Waals surface area (Å²) in [4.78, 5) is 0. The molecule has 25 heavy (non-hydrogen) atoms. The zero-order chi connectivity index (χ0) is 18.2. The van der Waals surface area contributed by atoms with Gasteiger partial charge in [-0.15, -0.1) is 0 Å². The van der Waals surface area contributed by atoms with Crippen LogP contribution in [0.5, 0.6) is 5.75 Å². The van der Waals surface area contributed by atoms with E-state index in [1.807, 2.05) is 13.8 Å². The molecule has 0 radical (unpaired) electrons. The summed E-state index contributed by atoms with van der Waals surface area (Å²) < 4.78 is 17.2. The van der Waals surface area contributed by atoms with E-state index in [1.165, 1.54) is 18.4 Å². The van der Waals surface area contributed by atoms with E-state index in [-0.39, 0.29) is 12.2 Å². The molecule has 142 valence electrons. The minimum atomic E-state index is 0.0325. The molecule has 2 rings (SSSR count). The molecule has 4 nitrogen and oxygen atoms in total. The lowest BCUT2D eigenvalue weighted by Crippen LogP contribution is -2.24.